The summed E-state index contributed by atoms with van der Waals surface area (Å²) < 4.78 is 0. The van der Waals surface area contributed by atoms with Crippen LogP contribution in [-0.4, -0.2) is 4.98 Å². The number of H-pyrrole nitrogens is 1. The largest absolute Gasteiger partial charge is 0.358 e. The molecule has 0 spiro atoms. The van der Waals surface area contributed by atoms with E-state index in [4.69, 9.17) is 0 Å². The molecule has 1 aromatic rings. The van der Waals surface area contributed by atoms with Gasteiger partial charge in [-0.1, -0.05) is 36.5 Å². The SMILES string of the molecule is C=C/C(C)=C\c1c(C)[nH]c(C=C)c1C=C(C)C. The molecule has 0 unspecified atom stereocenters. The molecule has 0 aromatic carbocycles. The van der Waals surface area contributed by atoms with E-state index >= 15 is 0 Å². The molecular formula is C16H21N. The van der Waals surface area contributed by atoms with E-state index in [0.717, 1.165) is 17.0 Å². The van der Waals surface area contributed by atoms with E-state index in [9.17, 15) is 0 Å². The zero-order valence-electron chi connectivity index (χ0n) is 11.2. The third-order valence-electron chi connectivity index (χ3n) is 2.64. The molecule has 0 fully saturated rings. The zero-order valence-corrected chi connectivity index (χ0v) is 11.2. The third kappa shape index (κ3) is 3.10. The summed E-state index contributed by atoms with van der Waals surface area (Å²) in [5.74, 6) is 0. The Labute approximate surface area is 104 Å². The molecule has 1 nitrogen and oxygen atoms in total. The highest BCUT2D eigenvalue weighted by atomic mass is 14.7. The Morgan fingerprint density at radius 2 is 1.71 bits per heavy atom. The van der Waals surface area contributed by atoms with Gasteiger partial charge in [-0.15, -0.1) is 0 Å². The average molecular weight is 227 g/mol. The van der Waals surface area contributed by atoms with Crippen LogP contribution in [0.3, 0.4) is 0 Å². The van der Waals surface area contributed by atoms with Crippen molar-refractivity contribution in [2.75, 3.05) is 0 Å². The molecule has 0 saturated carbocycles. The summed E-state index contributed by atoms with van der Waals surface area (Å²) in [6, 6.07) is 0. The summed E-state index contributed by atoms with van der Waals surface area (Å²) in [5, 5.41) is 0. The molecule has 0 atom stereocenters. The summed E-state index contributed by atoms with van der Waals surface area (Å²) in [6.07, 6.45) is 8.07. The smallest absolute Gasteiger partial charge is 0.0456 e. The van der Waals surface area contributed by atoms with Crippen LogP contribution in [0.15, 0.2) is 30.4 Å². The maximum Gasteiger partial charge on any atom is 0.0456 e. The summed E-state index contributed by atoms with van der Waals surface area (Å²) in [6.45, 7) is 16.0. The molecule has 0 aliphatic heterocycles. The number of hydrogen-bond acceptors (Lipinski definition) is 0. The number of aryl methyl sites for hydroxylation is 1. The first-order chi connectivity index (χ1) is 7.99. The van der Waals surface area contributed by atoms with Crippen LogP contribution in [0.5, 0.6) is 0 Å². The Bertz CT molecular complexity index is 492. The monoisotopic (exact) mass is 227 g/mol. The van der Waals surface area contributed by atoms with E-state index in [-0.39, 0.29) is 0 Å². The first-order valence-electron chi connectivity index (χ1n) is 5.80. The van der Waals surface area contributed by atoms with Gasteiger partial charge in [-0.3, -0.25) is 0 Å². The standard InChI is InChI=1S/C16H21N/c1-7-12(5)10-14-13(6)17-16(8-2)15(14)9-11(3)4/h7-10,17H,1-2H2,3-6H3/b12-10-. The van der Waals surface area contributed by atoms with E-state index < -0.39 is 0 Å². The predicted molar refractivity (Wildman–Crippen MR) is 78.8 cm³/mol. The molecule has 0 aliphatic carbocycles. The van der Waals surface area contributed by atoms with Gasteiger partial charge >= 0.3 is 0 Å². The highest BCUT2D eigenvalue weighted by Gasteiger charge is 2.09. The Hall–Kier alpha value is -1.76. The number of aromatic amines is 1. The minimum Gasteiger partial charge on any atom is -0.358 e. The first kappa shape index (κ1) is 13.3. The molecule has 90 valence electrons. The Morgan fingerprint density at radius 3 is 2.18 bits per heavy atom. The van der Waals surface area contributed by atoms with E-state index in [2.05, 4.69) is 58.0 Å². The van der Waals surface area contributed by atoms with Gasteiger partial charge in [-0.2, -0.15) is 0 Å². The van der Waals surface area contributed by atoms with E-state index in [1.54, 1.807) is 0 Å². The lowest BCUT2D eigenvalue weighted by Crippen LogP contribution is -1.81. The molecule has 1 rings (SSSR count). The van der Waals surface area contributed by atoms with Gasteiger partial charge in [-0.25, -0.2) is 0 Å². The van der Waals surface area contributed by atoms with Gasteiger partial charge < -0.3 is 4.98 Å². The second-order valence-corrected chi connectivity index (χ2v) is 4.51. The average Bonchev–Trinajstić information content (AvgIpc) is 2.56. The maximum atomic E-state index is 3.85. The summed E-state index contributed by atoms with van der Waals surface area (Å²) in [7, 11) is 0. The van der Waals surface area contributed by atoms with Crippen molar-refractivity contribution < 1.29 is 0 Å². The lowest BCUT2D eigenvalue weighted by Gasteiger charge is -1.99. The molecule has 0 amide bonds. The van der Waals surface area contributed by atoms with Crippen LogP contribution < -0.4 is 0 Å². The van der Waals surface area contributed by atoms with Crippen LogP contribution >= 0.6 is 0 Å². The van der Waals surface area contributed by atoms with Crippen molar-refractivity contribution in [3.05, 3.63) is 52.9 Å². The number of allylic oxidation sites excluding steroid dienone is 3. The minimum absolute atomic E-state index is 1.08. The van der Waals surface area contributed by atoms with Gasteiger partial charge in [0, 0.05) is 22.5 Å². The molecule has 0 bridgehead atoms. The van der Waals surface area contributed by atoms with Crippen molar-refractivity contribution in [1.82, 2.24) is 4.98 Å². The number of hydrogen-bond donors (Lipinski definition) is 1. The molecule has 0 radical (unpaired) electrons. The molecular weight excluding hydrogens is 206 g/mol. The van der Waals surface area contributed by atoms with Crippen molar-refractivity contribution in [2.24, 2.45) is 0 Å². The van der Waals surface area contributed by atoms with Gasteiger partial charge in [0.15, 0.2) is 0 Å². The van der Waals surface area contributed by atoms with Crippen molar-refractivity contribution in [3.8, 4) is 0 Å². The Kier molecular flexibility index (Phi) is 4.33. The lowest BCUT2D eigenvalue weighted by molar-refractivity contribution is 1.24. The van der Waals surface area contributed by atoms with E-state index in [1.807, 2.05) is 12.2 Å². The molecule has 1 aromatic heterocycles. The molecule has 17 heavy (non-hydrogen) atoms. The van der Waals surface area contributed by atoms with Crippen molar-refractivity contribution in [2.45, 2.75) is 27.7 Å². The van der Waals surface area contributed by atoms with Crippen molar-refractivity contribution in [1.29, 1.82) is 0 Å². The predicted octanol–water partition coefficient (Wildman–Crippen LogP) is 4.98. The summed E-state index contributed by atoms with van der Waals surface area (Å²) in [5.41, 5.74) is 7.10. The third-order valence-corrected chi connectivity index (χ3v) is 2.64. The molecule has 1 heterocycles. The highest BCUT2D eigenvalue weighted by Crippen LogP contribution is 2.25. The first-order valence-corrected chi connectivity index (χ1v) is 5.80. The minimum atomic E-state index is 1.08. The Morgan fingerprint density at radius 1 is 1.06 bits per heavy atom. The van der Waals surface area contributed by atoms with Crippen LogP contribution in [0.4, 0.5) is 0 Å². The quantitative estimate of drug-likeness (QED) is 0.698. The second kappa shape index (κ2) is 5.53. The lowest BCUT2D eigenvalue weighted by atomic mass is 10.0. The Balaban J connectivity index is 3.47. The van der Waals surface area contributed by atoms with E-state index in [1.165, 1.54) is 16.7 Å². The summed E-state index contributed by atoms with van der Waals surface area (Å²) in [4.78, 5) is 3.36. The maximum absolute atomic E-state index is 3.85. The zero-order chi connectivity index (χ0) is 13.0. The fourth-order valence-electron chi connectivity index (χ4n) is 1.76. The van der Waals surface area contributed by atoms with Gasteiger partial charge in [0.1, 0.15) is 0 Å². The topological polar surface area (TPSA) is 15.8 Å². The second-order valence-electron chi connectivity index (χ2n) is 4.51. The normalized spacial score (nSPS) is 11.2. The van der Waals surface area contributed by atoms with E-state index in [0.29, 0.717) is 0 Å². The fourth-order valence-corrected chi connectivity index (χ4v) is 1.76. The number of rotatable bonds is 4. The fraction of sp³-hybridized carbons (Fsp3) is 0.250. The van der Waals surface area contributed by atoms with Crippen molar-refractivity contribution >= 4 is 18.2 Å². The van der Waals surface area contributed by atoms with Gasteiger partial charge in [-0.05, 0) is 39.8 Å². The highest BCUT2D eigenvalue weighted by molar-refractivity contribution is 5.76. The van der Waals surface area contributed by atoms with Gasteiger partial charge in [0.25, 0.3) is 0 Å². The molecule has 1 N–H and O–H groups in total. The van der Waals surface area contributed by atoms with Gasteiger partial charge in [0.2, 0.25) is 0 Å². The van der Waals surface area contributed by atoms with Crippen molar-refractivity contribution in [3.63, 3.8) is 0 Å². The van der Waals surface area contributed by atoms with Crippen LogP contribution in [0.1, 0.15) is 43.3 Å². The molecule has 1 heteroatoms. The van der Waals surface area contributed by atoms with Gasteiger partial charge in [0.05, 0.1) is 0 Å². The van der Waals surface area contributed by atoms with Crippen LogP contribution in [0, 0.1) is 6.92 Å². The molecule has 0 aliphatic rings. The molecule has 0 saturated heterocycles. The number of aromatic nitrogens is 1. The van der Waals surface area contributed by atoms with Crippen LogP contribution in [-0.2, 0) is 0 Å². The van der Waals surface area contributed by atoms with Crippen LogP contribution in [0.25, 0.3) is 18.2 Å². The summed E-state index contributed by atoms with van der Waals surface area (Å²) >= 11 is 0. The van der Waals surface area contributed by atoms with Crippen LogP contribution in [0.2, 0.25) is 0 Å². The number of nitrogens with one attached hydrogen (secondary N) is 1.